The molecule has 7 nitrogen and oxygen atoms in total. The lowest BCUT2D eigenvalue weighted by Crippen LogP contribution is -2.53. The van der Waals surface area contributed by atoms with Crippen LogP contribution >= 0.6 is 0 Å². The van der Waals surface area contributed by atoms with Gasteiger partial charge in [-0.3, -0.25) is 9.69 Å². The number of carbonyl (C=O) groups is 3. The molecule has 0 aromatic heterocycles. The van der Waals surface area contributed by atoms with Crippen LogP contribution in [0.25, 0.3) is 0 Å². The third kappa shape index (κ3) is 5.42. The van der Waals surface area contributed by atoms with E-state index < -0.39 is 24.1 Å². The van der Waals surface area contributed by atoms with Crippen LogP contribution in [0.2, 0.25) is 0 Å². The Morgan fingerprint density at radius 1 is 0.842 bits per heavy atom. The molecule has 0 spiro atoms. The van der Waals surface area contributed by atoms with E-state index in [1.54, 1.807) is 11.8 Å². The van der Waals surface area contributed by atoms with Gasteiger partial charge in [-0.15, -0.1) is 0 Å². The second kappa shape index (κ2) is 12.0. The van der Waals surface area contributed by atoms with Crippen LogP contribution in [0.4, 0.5) is 10.5 Å². The summed E-state index contributed by atoms with van der Waals surface area (Å²) in [6, 6.07) is 15.7. The first kappa shape index (κ1) is 26.3. The van der Waals surface area contributed by atoms with E-state index in [1.165, 1.54) is 37.0 Å². The minimum absolute atomic E-state index is 0.241. The minimum atomic E-state index is -0.768. The van der Waals surface area contributed by atoms with Gasteiger partial charge in [0, 0.05) is 6.42 Å². The summed E-state index contributed by atoms with van der Waals surface area (Å²) < 4.78 is 11.1. The molecule has 5 rings (SSSR count). The van der Waals surface area contributed by atoms with Crippen molar-refractivity contribution in [2.24, 2.45) is 5.92 Å². The molecule has 1 aliphatic carbocycles. The van der Waals surface area contributed by atoms with Crippen molar-refractivity contribution in [2.45, 2.75) is 82.8 Å². The zero-order chi connectivity index (χ0) is 26.5. The molecule has 7 heteroatoms. The Labute approximate surface area is 225 Å². The Hall–Kier alpha value is -3.35. The van der Waals surface area contributed by atoms with E-state index in [9.17, 15) is 14.4 Å². The zero-order valence-electron chi connectivity index (χ0n) is 22.2. The molecule has 0 bridgehead atoms. The van der Waals surface area contributed by atoms with Gasteiger partial charge >= 0.3 is 12.1 Å². The Balaban J connectivity index is 1.39. The molecule has 3 atom stereocenters. The van der Waals surface area contributed by atoms with Crippen molar-refractivity contribution in [3.63, 3.8) is 0 Å². The van der Waals surface area contributed by atoms with Gasteiger partial charge in [0.2, 0.25) is 5.91 Å². The van der Waals surface area contributed by atoms with Gasteiger partial charge in [-0.1, -0.05) is 80.6 Å². The number of benzene rings is 2. The maximum atomic E-state index is 14.3. The average Bonchev–Trinajstić information content (AvgIpc) is 3.56. The summed E-state index contributed by atoms with van der Waals surface area (Å²) in [7, 11) is 0. The molecule has 1 saturated carbocycles. The van der Waals surface area contributed by atoms with Crippen LogP contribution in [0.1, 0.15) is 75.5 Å². The Morgan fingerprint density at radius 3 is 2.34 bits per heavy atom. The number of fused-ring (bicyclic) bond motifs is 1. The fourth-order valence-electron chi connectivity index (χ4n) is 6.43. The fourth-order valence-corrected chi connectivity index (χ4v) is 6.43. The first-order valence-corrected chi connectivity index (χ1v) is 14.2. The highest BCUT2D eigenvalue weighted by Crippen LogP contribution is 2.40. The summed E-state index contributed by atoms with van der Waals surface area (Å²) in [4.78, 5) is 44.0. The van der Waals surface area contributed by atoms with Gasteiger partial charge in [-0.05, 0) is 49.3 Å². The number of amides is 2. The second-order valence-corrected chi connectivity index (χ2v) is 10.6. The predicted molar refractivity (Wildman–Crippen MR) is 145 cm³/mol. The van der Waals surface area contributed by atoms with Gasteiger partial charge < -0.3 is 14.4 Å². The van der Waals surface area contributed by atoms with Crippen LogP contribution in [0.15, 0.2) is 54.6 Å². The molecule has 0 unspecified atom stereocenters. The third-order valence-electron chi connectivity index (χ3n) is 8.32. The average molecular weight is 519 g/mol. The molecule has 2 fully saturated rings. The zero-order valence-corrected chi connectivity index (χ0v) is 22.2. The fraction of sp³-hybridized carbons (Fsp3) is 0.516. The molecule has 2 amide bonds. The Bertz CT molecular complexity index is 1130. The van der Waals surface area contributed by atoms with Gasteiger partial charge in [0.1, 0.15) is 12.1 Å². The number of likely N-dealkylation sites (tertiary alicyclic amines) is 1. The number of esters is 1. The highest BCUT2D eigenvalue weighted by atomic mass is 16.6. The molecule has 2 aromatic carbocycles. The molecule has 2 heterocycles. The van der Waals surface area contributed by atoms with E-state index in [-0.39, 0.29) is 18.6 Å². The van der Waals surface area contributed by atoms with Crippen molar-refractivity contribution in [1.29, 1.82) is 0 Å². The summed E-state index contributed by atoms with van der Waals surface area (Å²) in [6.45, 7) is 2.37. The second-order valence-electron chi connectivity index (χ2n) is 10.6. The molecule has 2 aliphatic heterocycles. The summed E-state index contributed by atoms with van der Waals surface area (Å²) in [5, 5.41) is 0. The largest absolute Gasteiger partial charge is 0.464 e. The van der Waals surface area contributed by atoms with Crippen LogP contribution in [-0.2, 0) is 25.5 Å². The topological polar surface area (TPSA) is 76.2 Å². The van der Waals surface area contributed by atoms with E-state index in [0.29, 0.717) is 37.5 Å². The van der Waals surface area contributed by atoms with Gasteiger partial charge in [-0.25, -0.2) is 9.59 Å². The van der Waals surface area contributed by atoms with Crippen LogP contribution in [0.3, 0.4) is 0 Å². The van der Waals surface area contributed by atoms with Crippen LogP contribution < -0.4 is 4.90 Å². The highest BCUT2D eigenvalue weighted by molar-refractivity contribution is 6.01. The van der Waals surface area contributed by atoms with Crippen molar-refractivity contribution in [3.05, 3.63) is 65.7 Å². The molecule has 0 radical (unpaired) electrons. The summed E-state index contributed by atoms with van der Waals surface area (Å²) >= 11 is 0. The van der Waals surface area contributed by atoms with Crippen molar-refractivity contribution in [1.82, 2.24) is 4.90 Å². The SMILES string of the molecule is CCOC(=O)[C@H]1CC[C@@H](c2ccccc2)N1C(=O)[C@H]1Cc2ccccc2N1C(=O)OCCC1CCCCC1. The number of nitrogens with zero attached hydrogens (tertiary/aromatic N) is 2. The summed E-state index contributed by atoms with van der Waals surface area (Å²) in [6.07, 6.45) is 8.09. The number of rotatable bonds is 7. The monoisotopic (exact) mass is 518 g/mol. The number of para-hydroxylation sites is 1. The molecule has 1 saturated heterocycles. The first-order chi connectivity index (χ1) is 18.6. The predicted octanol–water partition coefficient (Wildman–Crippen LogP) is 5.82. The van der Waals surface area contributed by atoms with Gasteiger partial charge in [0.05, 0.1) is 24.9 Å². The van der Waals surface area contributed by atoms with Crippen LogP contribution in [-0.4, -0.2) is 48.2 Å². The number of carbonyl (C=O) groups excluding carboxylic acids is 3. The van der Waals surface area contributed by atoms with Gasteiger partial charge in [0.25, 0.3) is 0 Å². The van der Waals surface area contributed by atoms with Crippen molar-refractivity contribution in [2.75, 3.05) is 18.1 Å². The lowest BCUT2D eigenvalue weighted by atomic mass is 9.87. The van der Waals surface area contributed by atoms with Gasteiger partial charge in [0.15, 0.2) is 0 Å². The molecular formula is C31H38N2O5. The lowest BCUT2D eigenvalue weighted by Gasteiger charge is -2.34. The van der Waals surface area contributed by atoms with E-state index in [0.717, 1.165) is 17.5 Å². The maximum absolute atomic E-state index is 14.3. The van der Waals surface area contributed by atoms with Crippen molar-refractivity contribution >= 4 is 23.7 Å². The van der Waals surface area contributed by atoms with E-state index >= 15 is 0 Å². The first-order valence-electron chi connectivity index (χ1n) is 14.2. The number of anilines is 1. The Kier molecular flexibility index (Phi) is 8.30. The molecular weight excluding hydrogens is 480 g/mol. The molecule has 38 heavy (non-hydrogen) atoms. The number of hydrogen-bond acceptors (Lipinski definition) is 5. The summed E-state index contributed by atoms with van der Waals surface area (Å²) in [5.41, 5.74) is 2.61. The normalized spacial score (nSPS) is 23.2. The van der Waals surface area contributed by atoms with E-state index in [1.807, 2.05) is 54.6 Å². The number of hydrogen-bond donors (Lipinski definition) is 0. The van der Waals surface area contributed by atoms with Gasteiger partial charge in [-0.2, -0.15) is 0 Å². The standard InChI is InChI=1S/C31H38N2O5/c1-2-37-30(35)27-18-17-26(23-13-7-4-8-14-23)32(27)29(34)28-21-24-15-9-10-16-25(24)33(28)31(36)38-20-19-22-11-5-3-6-12-22/h4,7-10,13-16,22,26-28H,2-3,5-6,11-12,17-21H2,1H3/t26-,27+,28+/m0/s1. The number of ether oxygens (including phenoxy) is 2. The van der Waals surface area contributed by atoms with E-state index in [4.69, 9.17) is 9.47 Å². The van der Waals surface area contributed by atoms with E-state index in [2.05, 4.69) is 0 Å². The highest BCUT2D eigenvalue weighted by Gasteiger charge is 2.48. The quantitative estimate of drug-likeness (QED) is 0.432. The molecule has 3 aliphatic rings. The maximum Gasteiger partial charge on any atom is 0.415 e. The minimum Gasteiger partial charge on any atom is -0.464 e. The lowest BCUT2D eigenvalue weighted by molar-refractivity contribution is -0.154. The van der Waals surface area contributed by atoms with Crippen molar-refractivity contribution < 1.29 is 23.9 Å². The summed E-state index contributed by atoms with van der Waals surface area (Å²) in [5.74, 6) is -0.0346. The third-order valence-corrected chi connectivity index (χ3v) is 8.32. The van der Waals surface area contributed by atoms with Crippen LogP contribution in [0, 0.1) is 5.92 Å². The molecule has 0 N–H and O–H groups in total. The van der Waals surface area contributed by atoms with Crippen LogP contribution in [0.5, 0.6) is 0 Å². The van der Waals surface area contributed by atoms with Crippen molar-refractivity contribution in [3.8, 4) is 0 Å². The smallest absolute Gasteiger partial charge is 0.415 e. The molecule has 202 valence electrons. The molecule has 2 aromatic rings. The Morgan fingerprint density at radius 2 is 1.58 bits per heavy atom.